The second-order valence-corrected chi connectivity index (χ2v) is 4.17. The summed E-state index contributed by atoms with van der Waals surface area (Å²) in [5, 5.41) is 0. The van der Waals surface area contributed by atoms with E-state index < -0.39 is 17.7 Å². The van der Waals surface area contributed by atoms with Crippen molar-refractivity contribution in [3.05, 3.63) is 0 Å². The zero-order valence-electron chi connectivity index (χ0n) is 8.95. The van der Waals surface area contributed by atoms with E-state index in [-0.39, 0.29) is 5.78 Å². The van der Waals surface area contributed by atoms with Crippen LogP contribution in [0.15, 0.2) is 0 Å². The number of rotatable bonds is 2. The molecular weight excluding hydrogens is 196 g/mol. The second kappa shape index (κ2) is 3.93. The van der Waals surface area contributed by atoms with Gasteiger partial charge in [-0.2, -0.15) is 0 Å². The van der Waals surface area contributed by atoms with Crippen LogP contribution in [0.25, 0.3) is 0 Å². The lowest BCUT2D eigenvalue weighted by Crippen LogP contribution is -2.64. The minimum absolute atomic E-state index is 0.0688. The molecule has 0 aromatic carbocycles. The number of Topliss-reactive ketones (excluding diaryl/α,β-unsaturated/α-hetero) is 1. The molecule has 1 saturated heterocycles. The number of hydrogen-bond acceptors (Lipinski definition) is 4. The van der Waals surface area contributed by atoms with E-state index in [0.29, 0.717) is 6.61 Å². The van der Waals surface area contributed by atoms with Gasteiger partial charge >= 0.3 is 5.97 Å². The van der Waals surface area contributed by atoms with Gasteiger partial charge in [-0.05, 0) is 19.8 Å². The molecule has 1 saturated carbocycles. The molecule has 84 valence electrons. The molecule has 1 heterocycles. The molecule has 1 aliphatic heterocycles. The Balaban J connectivity index is 1.95. The maximum Gasteiger partial charge on any atom is 0.343 e. The fraction of sp³-hybridized carbons (Fsp3) is 0.818. The Kier molecular flexibility index (Phi) is 2.78. The summed E-state index contributed by atoms with van der Waals surface area (Å²) in [6, 6.07) is 0. The highest BCUT2D eigenvalue weighted by atomic mass is 16.6. The molecule has 0 radical (unpaired) electrons. The van der Waals surface area contributed by atoms with Crippen LogP contribution in [0.3, 0.4) is 0 Å². The van der Waals surface area contributed by atoms with Crippen molar-refractivity contribution >= 4 is 11.8 Å². The largest absolute Gasteiger partial charge is 0.464 e. The fourth-order valence-corrected chi connectivity index (χ4v) is 2.38. The Bertz CT molecular complexity index is 278. The molecule has 2 fully saturated rings. The third-order valence-corrected chi connectivity index (χ3v) is 3.19. The molecule has 1 unspecified atom stereocenters. The number of hydrogen-bond donors (Lipinski definition) is 0. The van der Waals surface area contributed by atoms with E-state index in [2.05, 4.69) is 0 Å². The van der Waals surface area contributed by atoms with Crippen molar-refractivity contribution in [2.24, 2.45) is 0 Å². The third kappa shape index (κ3) is 1.67. The van der Waals surface area contributed by atoms with Crippen LogP contribution in [0, 0.1) is 0 Å². The first kappa shape index (κ1) is 10.6. The lowest BCUT2D eigenvalue weighted by atomic mass is 9.75. The van der Waals surface area contributed by atoms with Gasteiger partial charge in [0.2, 0.25) is 11.9 Å². The van der Waals surface area contributed by atoms with E-state index >= 15 is 0 Å². The molecule has 4 nitrogen and oxygen atoms in total. The van der Waals surface area contributed by atoms with Gasteiger partial charge in [-0.1, -0.05) is 19.3 Å². The highest BCUT2D eigenvalue weighted by Gasteiger charge is 2.58. The number of ether oxygens (including phenoxy) is 2. The normalized spacial score (nSPS) is 28.6. The maximum atomic E-state index is 11.8. The Morgan fingerprint density at radius 2 is 2.13 bits per heavy atom. The summed E-state index contributed by atoms with van der Waals surface area (Å²) in [6.07, 6.45) is 3.78. The first-order chi connectivity index (χ1) is 7.19. The molecule has 2 aliphatic rings. The summed E-state index contributed by atoms with van der Waals surface area (Å²) in [7, 11) is 0. The summed E-state index contributed by atoms with van der Waals surface area (Å²) < 4.78 is 10.2. The van der Waals surface area contributed by atoms with Crippen LogP contribution in [0.5, 0.6) is 0 Å². The van der Waals surface area contributed by atoms with E-state index in [1.807, 2.05) is 0 Å². The van der Waals surface area contributed by atoms with Crippen molar-refractivity contribution < 1.29 is 19.1 Å². The molecule has 0 N–H and O–H groups in total. The average Bonchev–Trinajstić information content (AvgIpc) is 2.27. The minimum Gasteiger partial charge on any atom is -0.464 e. The molecule has 1 aliphatic carbocycles. The Hall–Kier alpha value is -0.900. The van der Waals surface area contributed by atoms with Crippen molar-refractivity contribution in [2.75, 3.05) is 6.61 Å². The molecule has 0 aromatic rings. The third-order valence-electron chi connectivity index (χ3n) is 3.19. The summed E-state index contributed by atoms with van der Waals surface area (Å²) >= 11 is 0. The van der Waals surface area contributed by atoms with Gasteiger partial charge in [-0.15, -0.1) is 0 Å². The SMILES string of the molecule is CCOC(=O)C1OC2(CCCCC2)C1=O. The monoisotopic (exact) mass is 212 g/mol. The molecule has 1 spiro atoms. The van der Waals surface area contributed by atoms with E-state index in [1.165, 1.54) is 0 Å². The van der Waals surface area contributed by atoms with Crippen LogP contribution in [0.1, 0.15) is 39.0 Å². The van der Waals surface area contributed by atoms with Crippen LogP contribution < -0.4 is 0 Å². The first-order valence-corrected chi connectivity index (χ1v) is 5.58. The van der Waals surface area contributed by atoms with Gasteiger partial charge in [0.1, 0.15) is 5.60 Å². The summed E-state index contributed by atoms with van der Waals surface area (Å²) in [5.41, 5.74) is -0.629. The molecular formula is C11H16O4. The zero-order chi connectivity index (χ0) is 10.9. The maximum absolute atomic E-state index is 11.8. The molecule has 0 bridgehead atoms. The standard InChI is InChI=1S/C11H16O4/c1-2-14-10(13)8-9(12)11(15-8)6-4-3-5-7-11/h8H,2-7H2,1H3. The number of esters is 1. The van der Waals surface area contributed by atoms with Crippen molar-refractivity contribution in [3.63, 3.8) is 0 Å². The van der Waals surface area contributed by atoms with Gasteiger partial charge < -0.3 is 9.47 Å². The first-order valence-electron chi connectivity index (χ1n) is 5.58. The topological polar surface area (TPSA) is 52.6 Å². The van der Waals surface area contributed by atoms with Gasteiger partial charge in [0.25, 0.3) is 0 Å². The van der Waals surface area contributed by atoms with Gasteiger partial charge in [0.15, 0.2) is 0 Å². The highest BCUT2D eigenvalue weighted by Crippen LogP contribution is 2.41. The van der Waals surface area contributed by atoms with E-state index in [4.69, 9.17) is 9.47 Å². The zero-order valence-corrected chi connectivity index (χ0v) is 8.95. The molecule has 0 aromatic heterocycles. The predicted molar refractivity (Wildman–Crippen MR) is 52.3 cm³/mol. The fourth-order valence-electron chi connectivity index (χ4n) is 2.38. The summed E-state index contributed by atoms with van der Waals surface area (Å²) in [6.45, 7) is 2.01. The van der Waals surface area contributed by atoms with Crippen LogP contribution in [-0.4, -0.2) is 30.1 Å². The van der Waals surface area contributed by atoms with Gasteiger partial charge in [-0.25, -0.2) is 4.79 Å². The minimum atomic E-state index is -0.942. The predicted octanol–water partition coefficient (Wildman–Crippen LogP) is 1.22. The van der Waals surface area contributed by atoms with E-state index in [9.17, 15) is 9.59 Å². The Morgan fingerprint density at radius 1 is 1.47 bits per heavy atom. The van der Waals surface area contributed by atoms with Gasteiger partial charge in [-0.3, -0.25) is 4.79 Å². The quantitative estimate of drug-likeness (QED) is 0.510. The molecule has 1 atom stereocenters. The molecule has 15 heavy (non-hydrogen) atoms. The Morgan fingerprint density at radius 3 is 2.67 bits per heavy atom. The van der Waals surface area contributed by atoms with Crippen molar-refractivity contribution in [1.29, 1.82) is 0 Å². The summed E-state index contributed by atoms with van der Waals surface area (Å²) in [5.74, 6) is -0.598. The number of carbonyl (C=O) groups excluding carboxylic acids is 2. The van der Waals surface area contributed by atoms with Gasteiger partial charge in [0, 0.05) is 0 Å². The van der Waals surface area contributed by atoms with Gasteiger partial charge in [0.05, 0.1) is 6.61 Å². The van der Waals surface area contributed by atoms with Crippen molar-refractivity contribution in [1.82, 2.24) is 0 Å². The number of carbonyl (C=O) groups is 2. The average molecular weight is 212 g/mol. The van der Waals surface area contributed by atoms with Crippen molar-refractivity contribution in [2.45, 2.75) is 50.7 Å². The van der Waals surface area contributed by atoms with E-state index in [1.54, 1.807) is 6.92 Å². The lowest BCUT2D eigenvalue weighted by molar-refractivity contribution is -0.218. The second-order valence-electron chi connectivity index (χ2n) is 4.17. The van der Waals surface area contributed by atoms with Crippen LogP contribution >= 0.6 is 0 Å². The number of ketones is 1. The molecule has 0 amide bonds. The lowest BCUT2D eigenvalue weighted by Gasteiger charge is -2.46. The van der Waals surface area contributed by atoms with Crippen molar-refractivity contribution in [3.8, 4) is 0 Å². The van der Waals surface area contributed by atoms with Crippen LogP contribution in [0.4, 0.5) is 0 Å². The molecule has 4 heteroatoms. The Labute approximate surface area is 88.9 Å². The summed E-state index contributed by atoms with van der Waals surface area (Å²) in [4.78, 5) is 23.1. The molecule has 2 rings (SSSR count). The highest BCUT2D eigenvalue weighted by molar-refractivity contribution is 6.10. The van der Waals surface area contributed by atoms with E-state index in [0.717, 1.165) is 32.1 Å². The smallest absolute Gasteiger partial charge is 0.343 e. The van der Waals surface area contributed by atoms with Crippen LogP contribution in [0.2, 0.25) is 0 Å². The van der Waals surface area contributed by atoms with Crippen LogP contribution in [-0.2, 0) is 19.1 Å².